The lowest BCUT2D eigenvalue weighted by Crippen LogP contribution is -2.38. The van der Waals surface area contributed by atoms with Gasteiger partial charge in [-0.1, -0.05) is 0 Å². The highest BCUT2D eigenvalue weighted by atomic mass is 16.6. The highest BCUT2D eigenvalue weighted by Gasteiger charge is 2.38. The van der Waals surface area contributed by atoms with Gasteiger partial charge >= 0.3 is 0 Å². The zero-order valence-electron chi connectivity index (χ0n) is 6.73. The Morgan fingerprint density at radius 1 is 1.64 bits per heavy atom. The first-order valence-corrected chi connectivity index (χ1v) is 3.67. The van der Waals surface area contributed by atoms with Crippen LogP contribution in [0.15, 0.2) is 0 Å². The van der Waals surface area contributed by atoms with Gasteiger partial charge < -0.3 is 19.7 Å². The quantitative estimate of drug-likeness (QED) is 0.555. The van der Waals surface area contributed by atoms with Gasteiger partial charge in [-0.3, -0.25) is 0 Å². The molecule has 2 N–H and O–H groups in total. The average molecular weight is 162 g/mol. The van der Waals surface area contributed by atoms with E-state index in [1.165, 1.54) is 7.11 Å². The second-order valence-electron chi connectivity index (χ2n) is 2.81. The summed E-state index contributed by atoms with van der Waals surface area (Å²) in [5, 5.41) is 18.4. The number of hydrogen-bond acceptors (Lipinski definition) is 4. The van der Waals surface area contributed by atoms with Crippen LogP contribution in [0, 0.1) is 0 Å². The summed E-state index contributed by atoms with van der Waals surface area (Å²) in [5.41, 5.74) is 0. The molecule has 0 amide bonds. The normalized spacial score (nSPS) is 40.9. The molecule has 0 aromatic heterocycles. The monoisotopic (exact) mass is 162 g/mol. The molecule has 1 fully saturated rings. The molecule has 0 bridgehead atoms. The van der Waals surface area contributed by atoms with Gasteiger partial charge in [-0.25, -0.2) is 0 Å². The van der Waals surface area contributed by atoms with Crippen LogP contribution in [-0.2, 0) is 9.47 Å². The van der Waals surface area contributed by atoms with Crippen LogP contribution in [0.4, 0.5) is 0 Å². The number of ether oxygens (including phenoxy) is 2. The number of methoxy groups -OCH3 is 1. The van der Waals surface area contributed by atoms with Crippen molar-refractivity contribution in [2.45, 2.75) is 31.3 Å². The van der Waals surface area contributed by atoms with E-state index in [-0.39, 0.29) is 6.61 Å². The SMILES string of the molecule is COC1C(O)COC1C(C)O. The standard InChI is InChI=1S/C7H14O4/c1-4(8)6-7(10-2)5(9)3-11-6/h4-9H,3H2,1-2H3. The van der Waals surface area contributed by atoms with E-state index in [4.69, 9.17) is 14.6 Å². The van der Waals surface area contributed by atoms with E-state index in [2.05, 4.69) is 0 Å². The molecular formula is C7H14O4. The third kappa shape index (κ3) is 1.70. The smallest absolute Gasteiger partial charge is 0.114 e. The number of aliphatic hydroxyl groups is 2. The molecular weight excluding hydrogens is 148 g/mol. The maximum atomic E-state index is 9.25. The lowest BCUT2D eigenvalue weighted by molar-refractivity contribution is -0.0601. The Hall–Kier alpha value is -0.160. The first kappa shape index (κ1) is 8.93. The van der Waals surface area contributed by atoms with Crippen molar-refractivity contribution < 1.29 is 19.7 Å². The highest BCUT2D eigenvalue weighted by Crippen LogP contribution is 2.19. The molecule has 11 heavy (non-hydrogen) atoms. The van der Waals surface area contributed by atoms with E-state index in [1.807, 2.05) is 0 Å². The lowest BCUT2D eigenvalue weighted by atomic mass is 10.1. The first-order valence-electron chi connectivity index (χ1n) is 3.67. The summed E-state index contributed by atoms with van der Waals surface area (Å²) in [5.74, 6) is 0. The zero-order chi connectivity index (χ0) is 8.43. The van der Waals surface area contributed by atoms with Gasteiger partial charge in [-0.15, -0.1) is 0 Å². The molecule has 1 heterocycles. The molecule has 1 rings (SSSR count). The van der Waals surface area contributed by atoms with E-state index in [9.17, 15) is 5.11 Å². The summed E-state index contributed by atoms with van der Waals surface area (Å²) in [6, 6.07) is 0. The van der Waals surface area contributed by atoms with Crippen molar-refractivity contribution in [3.05, 3.63) is 0 Å². The molecule has 1 aliphatic heterocycles. The van der Waals surface area contributed by atoms with Crippen molar-refractivity contribution in [1.82, 2.24) is 0 Å². The third-order valence-corrected chi connectivity index (χ3v) is 1.91. The molecule has 0 saturated carbocycles. The Bertz CT molecular complexity index is 126. The van der Waals surface area contributed by atoms with Crippen LogP contribution in [0.2, 0.25) is 0 Å². The lowest BCUT2D eigenvalue weighted by Gasteiger charge is -2.20. The molecule has 4 unspecified atom stereocenters. The maximum absolute atomic E-state index is 9.25. The zero-order valence-corrected chi connectivity index (χ0v) is 6.73. The fourth-order valence-corrected chi connectivity index (χ4v) is 1.32. The van der Waals surface area contributed by atoms with E-state index >= 15 is 0 Å². The first-order chi connectivity index (χ1) is 5.16. The molecule has 0 spiro atoms. The van der Waals surface area contributed by atoms with Gasteiger partial charge in [0, 0.05) is 7.11 Å². The molecule has 4 nitrogen and oxygen atoms in total. The van der Waals surface area contributed by atoms with Crippen LogP contribution >= 0.6 is 0 Å². The minimum Gasteiger partial charge on any atom is -0.391 e. The molecule has 0 aromatic carbocycles. The fourth-order valence-electron chi connectivity index (χ4n) is 1.32. The van der Waals surface area contributed by atoms with Crippen molar-refractivity contribution in [2.24, 2.45) is 0 Å². The minimum atomic E-state index is -0.611. The number of aliphatic hydroxyl groups excluding tert-OH is 2. The summed E-state index contributed by atoms with van der Waals surface area (Å²) >= 11 is 0. The van der Waals surface area contributed by atoms with E-state index in [0.717, 1.165) is 0 Å². The van der Waals surface area contributed by atoms with Crippen molar-refractivity contribution in [3.8, 4) is 0 Å². The third-order valence-electron chi connectivity index (χ3n) is 1.91. The van der Waals surface area contributed by atoms with Gasteiger partial charge in [0.15, 0.2) is 0 Å². The fraction of sp³-hybridized carbons (Fsp3) is 1.00. The molecule has 66 valence electrons. The molecule has 0 aliphatic carbocycles. The van der Waals surface area contributed by atoms with Crippen LogP contribution in [0.5, 0.6) is 0 Å². The Kier molecular flexibility index (Phi) is 2.84. The topological polar surface area (TPSA) is 58.9 Å². The summed E-state index contributed by atoms with van der Waals surface area (Å²) < 4.78 is 10.1. The largest absolute Gasteiger partial charge is 0.391 e. The van der Waals surface area contributed by atoms with Crippen LogP contribution in [0.3, 0.4) is 0 Å². The second kappa shape index (κ2) is 3.49. The van der Waals surface area contributed by atoms with Crippen LogP contribution < -0.4 is 0 Å². The number of hydrogen-bond donors (Lipinski definition) is 2. The van der Waals surface area contributed by atoms with E-state index in [1.54, 1.807) is 6.92 Å². The molecule has 0 aromatic rings. The summed E-state index contributed by atoms with van der Waals surface area (Å²) in [7, 11) is 1.50. The Morgan fingerprint density at radius 2 is 2.27 bits per heavy atom. The van der Waals surface area contributed by atoms with E-state index in [0.29, 0.717) is 0 Å². The van der Waals surface area contributed by atoms with Crippen molar-refractivity contribution in [3.63, 3.8) is 0 Å². The Balaban J connectivity index is 2.54. The maximum Gasteiger partial charge on any atom is 0.114 e. The Morgan fingerprint density at radius 3 is 2.64 bits per heavy atom. The van der Waals surface area contributed by atoms with Crippen LogP contribution in [-0.4, -0.2) is 48.3 Å². The van der Waals surface area contributed by atoms with Crippen LogP contribution in [0.1, 0.15) is 6.92 Å². The minimum absolute atomic E-state index is 0.244. The predicted molar refractivity (Wildman–Crippen MR) is 38.2 cm³/mol. The summed E-state index contributed by atoms with van der Waals surface area (Å²) in [6.45, 7) is 1.86. The summed E-state index contributed by atoms with van der Waals surface area (Å²) in [4.78, 5) is 0. The van der Waals surface area contributed by atoms with Gasteiger partial charge in [-0.05, 0) is 6.92 Å². The van der Waals surface area contributed by atoms with Crippen molar-refractivity contribution in [2.75, 3.05) is 13.7 Å². The Labute approximate surface area is 65.7 Å². The average Bonchev–Trinajstić information content (AvgIpc) is 2.30. The van der Waals surface area contributed by atoms with E-state index < -0.39 is 24.4 Å². The predicted octanol–water partition coefficient (Wildman–Crippen LogP) is -0.858. The number of rotatable bonds is 2. The second-order valence-corrected chi connectivity index (χ2v) is 2.81. The van der Waals surface area contributed by atoms with Gasteiger partial charge in [0.2, 0.25) is 0 Å². The summed E-state index contributed by atoms with van der Waals surface area (Å²) in [6.07, 6.45) is -2.00. The molecule has 4 atom stereocenters. The molecule has 1 saturated heterocycles. The molecule has 4 heteroatoms. The molecule has 0 radical (unpaired) electrons. The van der Waals surface area contributed by atoms with Gasteiger partial charge in [0.1, 0.15) is 18.3 Å². The van der Waals surface area contributed by atoms with Gasteiger partial charge in [0.05, 0.1) is 12.7 Å². The highest BCUT2D eigenvalue weighted by molar-refractivity contribution is 4.87. The van der Waals surface area contributed by atoms with Gasteiger partial charge in [0.25, 0.3) is 0 Å². The van der Waals surface area contributed by atoms with Crippen molar-refractivity contribution >= 4 is 0 Å². The molecule has 1 aliphatic rings. The van der Waals surface area contributed by atoms with Crippen molar-refractivity contribution in [1.29, 1.82) is 0 Å². The van der Waals surface area contributed by atoms with Crippen LogP contribution in [0.25, 0.3) is 0 Å². The van der Waals surface area contributed by atoms with Gasteiger partial charge in [-0.2, -0.15) is 0 Å².